The number of rotatable bonds is 13. The fraction of sp³-hybridized carbons (Fsp3) is 0.484. The molecule has 2 heterocycles. The zero-order chi connectivity index (χ0) is 31.2. The number of aromatic nitrogens is 2. The van der Waals surface area contributed by atoms with Crippen molar-refractivity contribution in [3.8, 4) is 17.2 Å². The van der Waals surface area contributed by atoms with Crippen molar-refractivity contribution in [2.45, 2.75) is 63.3 Å². The number of alkyl halides is 2. The zero-order valence-electron chi connectivity index (χ0n) is 24.3. The molecule has 11 nitrogen and oxygen atoms in total. The van der Waals surface area contributed by atoms with Gasteiger partial charge in [-0.05, 0) is 74.4 Å². The van der Waals surface area contributed by atoms with E-state index in [-0.39, 0.29) is 42.2 Å². The average Bonchev–Trinajstić information content (AvgIpc) is 3.55. The average molecular weight is 615 g/mol. The van der Waals surface area contributed by atoms with Gasteiger partial charge in [0.2, 0.25) is 6.41 Å². The van der Waals surface area contributed by atoms with Crippen molar-refractivity contribution in [3.05, 3.63) is 62.8 Å². The third-order valence-electron chi connectivity index (χ3n) is 8.11. The van der Waals surface area contributed by atoms with Crippen molar-refractivity contribution < 1.29 is 32.6 Å². The van der Waals surface area contributed by atoms with Crippen LogP contribution in [0.3, 0.4) is 0 Å². The van der Waals surface area contributed by atoms with Crippen molar-refractivity contribution in [2.75, 3.05) is 33.0 Å². The van der Waals surface area contributed by atoms with E-state index >= 15 is 0 Å². The lowest BCUT2D eigenvalue weighted by Crippen LogP contribution is -2.44. The Kier molecular flexibility index (Phi) is 9.81. The fourth-order valence-electron chi connectivity index (χ4n) is 5.85. The number of amides is 2. The van der Waals surface area contributed by atoms with E-state index in [0.29, 0.717) is 42.8 Å². The minimum atomic E-state index is -1.32. The molecule has 1 aliphatic carbocycles. The Morgan fingerprint density at radius 3 is 2.39 bits per heavy atom. The molecular formula is C31H36F2N4O7. The first kappa shape index (κ1) is 31.0. The first-order chi connectivity index (χ1) is 21.3. The predicted octanol–water partition coefficient (Wildman–Crippen LogP) is 2.88. The minimum absolute atomic E-state index is 0.0172. The van der Waals surface area contributed by atoms with E-state index in [0.717, 1.165) is 36.7 Å². The van der Waals surface area contributed by atoms with Gasteiger partial charge in [-0.1, -0.05) is 6.07 Å². The van der Waals surface area contributed by atoms with E-state index in [2.05, 4.69) is 0 Å². The number of nitrogens with two attached hydrogens (primary N) is 1. The lowest BCUT2D eigenvalue weighted by atomic mass is 10.0. The van der Waals surface area contributed by atoms with Crippen LogP contribution in [0.15, 0.2) is 46.0 Å². The summed E-state index contributed by atoms with van der Waals surface area (Å²) in [6.45, 7) is -1.73. The first-order valence-electron chi connectivity index (χ1n) is 14.8. The molecule has 5 rings (SSSR count). The normalized spacial score (nSPS) is 16.0. The molecule has 0 bridgehead atoms. The standard InChI is InChI=1S/C31H36F2N4O7/c32-15-24(16-33)43-23-6-7-26-25(14-23)30(40)36(31(41)37(26)21-9-11-35(19-38)12-10-21)17-20-5-8-27(44-22-3-1-2-4-22)28(13-20)42-18-29(34)39/h5-8,13-14,19,21-22,24H,1-4,9-12,15-18H2,(H2,34,39). The molecule has 0 atom stereocenters. The number of hydrogen-bond donors (Lipinski definition) is 1. The summed E-state index contributed by atoms with van der Waals surface area (Å²) in [6.07, 6.45) is 4.37. The highest BCUT2D eigenvalue weighted by Gasteiger charge is 2.26. The Morgan fingerprint density at radius 2 is 1.73 bits per heavy atom. The van der Waals surface area contributed by atoms with Crippen LogP contribution in [0.2, 0.25) is 0 Å². The molecule has 3 aromatic rings. The topological polar surface area (TPSA) is 135 Å². The van der Waals surface area contributed by atoms with Crippen LogP contribution in [-0.2, 0) is 16.1 Å². The maximum atomic E-state index is 14.0. The van der Waals surface area contributed by atoms with Gasteiger partial charge in [-0.2, -0.15) is 0 Å². The van der Waals surface area contributed by atoms with Gasteiger partial charge in [0.1, 0.15) is 19.1 Å². The molecule has 2 N–H and O–H groups in total. The van der Waals surface area contributed by atoms with E-state index in [9.17, 15) is 28.0 Å². The summed E-state index contributed by atoms with van der Waals surface area (Å²) in [5.74, 6) is 0.127. The quantitative estimate of drug-likeness (QED) is 0.293. The molecule has 2 aliphatic rings. The SMILES string of the molecule is NC(=O)COc1cc(Cn2c(=O)c3cc(OC(CF)CF)ccc3n(C3CCN(C=O)CC3)c2=O)ccc1OC1CCCC1. The number of primary amides is 1. The van der Waals surface area contributed by atoms with Crippen LogP contribution in [0.4, 0.5) is 8.78 Å². The third-order valence-corrected chi connectivity index (χ3v) is 8.11. The molecule has 13 heteroatoms. The van der Waals surface area contributed by atoms with E-state index in [1.807, 2.05) is 0 Å². The number of carbonyl (C=O) groups excluding carboxylic acids is 2. The maximum Gasteiger partial charge on any atom is 0.332 e. The molecule has 44 heavy (non-hydrogen) atoms. The van der Waals surface area contributed by atoms with Gasteiger partial charge in [-0.15, -0.1) is 0 Å². The summed E-state index contributed by atoms with van der Waals surface area (Å²) in [7, 11) is 0. The van der Waals surface area contributed by atoms with E-state index < -0.39 is 36.6 Å². The van der Waals surface area contributed by atoms with Crippen LogP contribution >= 0.6 is 0 Å². The summed E-state index contributed by atoms with van der Waals surface area (Å²) >= 11 is 0. The monoisotopic (exact) mass is 614 g/mol. The molecule has 0 unspecified atom stereocenters. The summed E-state index contributed by atoms with van der Waals surface area (Å²) in [5.41, 5.74) is 5.04. The minimum Gasteiger partial charge on any atom is -0.487 e. The third kappa shape index (κ3) is 6.87. The second-order valence-corrected chi connectivity index (χ2v) is 11.2. The molecule has 1 aliphatic heterocycles. The van der Waals surface area contributed by atoms with Crippen LogP contribution in [0.1, 0.15) is 50.1 Å². The Hall–Kier alpha value is -4.42. The van der Waals surface area contributed by atoms with Crippen LogP contribution in [0.25, 0.3) is 10.9 Å². The van der Waals surface area contributed by atoms with Crippen molar-refractivity contribution >= 4 is 23.2 Å². The summed E-state index contributed by atoms with van der Waals surface area (Å²) in [5, 5.41) is 0.141. The van der Waals surface area contributed by atoms with E-state index in [1.54, 1.807) is 33.7 Å². The molecule has 0 radical (unpaired) electrons. The number of hydrogen-bond acceptors (Lipinski definition) is 7. The number of nitrogens with zero attached hydrogens (tertiary/aromatic N) is 3. The molecular weight excluding hydrogens is 578 g/mol. The van der Waals surface area contributed by atoms with Crippen LogP contribution < -0.4 is 31.2 Å². The molecule has 0 spiro atoms. The molecule has 2 fully saturated rings. The highest BCUT2D eigenvalue weighted by atomic mass is 19.1. The van der Waals surface area contributed by atoms with Gasteiger partial charge in [0.25, 0.3) is 11.5 Å². The number of halogens is 2. The Bertz CT molecular complexity index is 1610. The van der Waals surface area contributed by atoms with Gasteiger partial charge in [0.05, 0.1) is 23.6 Å². The second-order valence-electron chi connectivity index (χ2n) is 11.2. The highest BCUT2D eigenvalue weighted by Crippen LogP contribution is 2.33. The lowest BCUT2D eigenvalue weighted by molar-refractivity contribution is -0.120. The molecule has 1 saturated carbocycles. The Morgan fingerprint density at radius 1 is 1.00 bits per heavy atom. The summed E-state index contributed by atoms with van der Waals surface area (Å²) in [6, 6.07) is 9.13. The van der Waals surface area contributed by atoms with Crippen molar-refractivity contribution in [2.24, 2.45) is 5.73 Å². The largest absolute Gasteiger partial charge is 0.487 e. The number of piperidine rings is 1. The molecule has 2 aromatic carbocycles. The highest BCUT2D eigenvalue weighted by molar-refractivity contribution is 5.80. The van der Waals surface area contributed by atoms with Crippen molar-refractivity contribution in [1.82, 2.24) is 14.0 Å². The number of likely N-dealkylation sites (tertiary alicyclic amines) is 1. The molecule has 236 valence electrons. The van der Waals surface area contributed by atoms with Gasteiger partial charge in [-0.25, -0.2) is 13.6 Å². The fourth-order valence-corrected chi connectivity index (χ4v) is 5.85. The van der Waals surface area contributed by atoms with Crippen molar-refractivity contribution in [3.63, 3.8) is 0 Å². The van der Waals surface area contributed by atoms with Gasteiger partial charge in [-0.3, -0.25) is 23.5 Å². The van der Waals surface area contributed by atoms with Crippen LogP contribution in [0, 0.1) is 0 Å². The number of carbonyl (C=O) groups is 2. The van der Waals surface area contributed by atoms with Crippen LogP contribution in [0.5, 0.6) is 17.2 Å². The van der Waals surface area contributed by atoms with Gasteiger partial charge in [0.15, 0.2) is 24.2 Å². The first-order valence-corrected chi connectivity index (χ1v) is 14.8. The summed E-state index contributed by atoms with van der Waals surface area (Å²) in [4.78, 5) is 52.2. The number of benzene rings is 2. The predicted molar refractivity (Wildman–Crippen MR) is 158 cm³/mol. The van der Waals surface area contributed by atoms with E-state index in [4.69, 9.17) is 19.9 Å². The van der Waals surface area contributed by atoms with Gasteiger partial charge < -0.3 is 24.8 Å². The Labute approximate surface area is 252 Å². The maximum absolute atomic E-state index is 14.0. The second kappa shape index (κ2) is 13.9. The Balaban J connectivity index is 1.57. The molecule has 2 amide bonds. The molecule has 1 aromatic heterocycles. The zero-order valence-corrected chi connectivity index (χ0v) is 24.3. The van der Waals surface area contributed by atoms with E-state index in [1.165, 1.54) is 12.1 Å². The van der Waals surface area contributed by atoms with Crippen molar-refractivity contribution in [1.29, 1.82) is 0 Å². The molecule has 1 saturated heterocycles. The lowest BCUT2D eigenvalue weighted by Gasteiger charge is -2.31. The van der Waals surface area contributed by atoms with Crippen LogP contribution in [-0.4, -0.2) is 71.6 Å². The number of ether oxygens (including phenoxy) is 3. The smallest absolute Gasteiger partial charge is 0.332 e. The van der Waals surface area contributed by atoms with Gasteiger partial charge >= 0.3 is 5.69 Å². The number of fused-ring (bicyclic) bond motifs is 1. The van der Waals surface area contributed by atoms with Gasteiger partial charge in [0, 0.05) is 19.1 Å². The summed E-state index contributed by atoms with van der Waals surface area (Å²) < 4.78 is 46.2.